The minimum Gasteiger partial charge on any atom is -0.493 e. The van der Waals surface area contributed by atoms with E-state index in [9.17, 15) is 4.79 Å². The lowest BCUT2D eigenvalue weighted by molar-refractivity contribution is 0.101. The number of carbonyl (C=O) groups excluding carboxylic acids is 1. The molecule has 0 aliphatic carbocycles. The number of aryl methyl sites for hydroxylation is 1. The highest BCUT2D eigenvalue weighted by Gasteiger charge is 2.28. The molecule has 8 heteroatoms. The number of nitrogens with zero attached hydrogens (tertiary/aromatic N) is 3. The Morgan fingerprint density at radius 1 is 1.16 bits per heavy atom. The molecule has 0 fully saturated rings. The number of hydrogen-bond acceptors (Lipinski definition) is 6. The lowest BCUT2D eigenvalue weighted by Crippen LogP contribution is -2.16. The van der Waals surface area contributed by atoms with Gasteiger partial charge in [-0.1, -0.05) is 29.4 Å². The van der Waals surface area contributed by atoms with Crippen LogP contribution in [-0.4, -0.2) is 27.5 Å². The summed E-state index contributed by atoms with van der Waals surface area (Å²) in [5.41, 5.74) is 4.16. The zero-order valence-corrected chi connectivity index (χ0v) is 17.1. The maximum atomic E-state index is 13.0. The molecule has 0 spiro atoms. The summed E-state index contributed by atoms with van der Waals surface area (Å²) in [4.78, 5) is 13.0. The smallest absolute Gasteiger partial charge is 0.278 e. The quantitative estimate of drug-likeness (QED) is 0.522. The second kappa shape index (κ2) is 7.64. The van der Waals surface area contributed by atoms with E-state index < -0.39 is 0 Å². The summed E-state index contributed by atoms with van der Waals surface area (Å²) in [5, 5.41) is 11.3. The predicted octanol–water partition coefficient (Wildman–Crippen LogP) is 4.29. The van der Waals surface area contributed by atoms with Crippen molar-refractivity contribution in [2.75, 3.05) is 11.9 Å². The van der Waals surface area contributed by atoms with Crippen molar-refractivity contribution in [3.05, 3.63) is 65.9 Å². The zero-order chi connectivity index (χ0) is 21.4. The Morgan fingerprint density at radius 2 is 1.94 bits per heavy atom. The van der Waals surface area contributed by atoms with Gasteiger partial charge in [-0.05, 0) is 31.2 Å². The van der Waals surface area contributed by atoms with E-state index in [0.717, 1.165) is 28.1 Å². The Bertz CT molecular complexity index is 1270. The van der Waals surface area contributed by atoms with Crippen molar-refractivity contribution >= 4 is 11.8 Å². The molecule has 8 nitrogen and oxygen atoms in total. The molecular weight excluding hydrogens is 396 g/mol. The number of aromatic nitrogens is 3. The number of anilines is 1. The number of para-hydroxylation sites is 2. The fourth-order valence-corrected chi connectivity index (χ4v) is 3.75. The molecule has 1 amide bonds. The number of amides is 1. The summed E-state index contributed by atoms with van der Waals surface area (Å²) >= 11 is 0. The van der Waals surface area contributed by atoms with Gasteiger partial charge in [-0.3, -0.25) is 14.8 Å². The Hall–Kier alpha value is -4.07. The summed E-state index contributed by atoms with van der Waals surface area (Å²) < 4.78 is 18.5. The van der Waals surface area contributed by atoms with Crippen LogP contribution in [0.4, 0.5) is 5.88 Å². The second-order valence-corrected chi connectivity index (χ2v) is 7.04. The van der Waals surface area contributed by atoms with Crippen LogP contribution in [0.2, 0.25) is 0 Å². The third-order valence-corrected chi connectivity index (χ3v) is 5.08. The van der Waals surface area contributed by atoms with Gasteiger partial charge in [0.2, 0.25) is 5.88 Å². The predicted molar refractivity (Wildman–Crippen MR) is 114 cm³/mol. The van der Waals surface area contributed by atoms with Gasteiger partial charge in [-0.2, -0.15) is 5.10 Å². The number of nitrogens with one attached hydrogen (secondary N) is 1. The van der Waals surface area contributed by atoms with Crippen molar-refractivity contribution in [1.29, 1.82) is 0 Å². The van der Waals surface area contributed by atoms with E-state index in [-0.39, 0.29) is 18.4 Å². The van der Waals surface area contributed by atoms with Gasteiger partial charge in [-0.25, -0.2) is 0 Å². The molecule has 5 rings (SSSR count). The van der Waals surface area contributed by atoms with E-state index in [1.165, 1.54) is 0 Å². The van der Waals surface area contributed by atoms with Crippen LogP contribution in [-0.2, 0) is 13.7 Å². The first-order valence-corrected chi connectivity index (χ1v) is 9.94. The van der Waals surface area contributed by atoms with Crippen molar-refractivity contribution in [2.24, 2.45) is 7.05 Å². The fourth-order valence-electron chi connectivity index (χ4n) is 3.75. The van der Waals surface area contributed by atoms with E-state index in [1.54, 1.807) is 10.7 Å². The Labute approximate surface area is 178 Å². The molecule has 1 N–H and O–H groups in total. The Morgan fingerprint density at radius 3 is 2.77 bits per heavy atom. The Kier molecular flexibility index (Phi) is 4.66. The van der Waals surface area contributed by atoms with Gasteiger partial charge in [0.05, 0.1) is 12.3 Å². The minimum atomic E-state index is -0.388. The molecule has 0 saturated carbocycles. The molecule has 2 aromatic carbocycles. The van der Waals surface area contributed by atoms with Gasteiger partial charge in [0.1, 0.15) is 23.8 Å². The van der Waals surface area contributed by atoms with E-state index in [0.29, 0.717) is 23.7 Å². The van der Waals surface area contributed by atoms with Crippen molar-refractivity contribution in [3.8, 4) is 34.0 Å². The molecule has 0 atom stereocenters. The number of rotatable bonds is 5. The van der Waals surface area contributed by atoms with Crippen molar-refractivity contribution < 1.29 is 18.8 Å². The largest absolute Gasteiger partial charge is 0.493 e. The number of benzene rings is 2. The molecule has 4 aromatic rings. The average Bonchev–Trinajstić information content (AvgIpc) is 3.39. The lowest BCUT2D eigenvalue weighted by Gasteiger charge is -2.18. The molecule has 1 aliphatic rings. The molecule has 0 radical (unpaired) electrons. The van der Waals surface area contributed by atoms with Gasteiger partial charge in [0, 0.05) is 29.8 Å². The first kappa shape index (κ1) is 18.9. The molecule has 156 valence electrons. The van der Waals surface area contributed by atoms with E-state index in [4.69, 9.17) is 14.0 Å². The van der Waals surface area contributed by atoms with Gasteiger partial charge >= 0.3 is 0 Å². The van der Waals surface area contributed by atoms with Gasteiger partial charge in [0.25, 0.3) is 5.91 Å². The van der Waals surface area contributed by atoms with Crippen molar-refractivity contribution in [2.45, 2.75) is 13.5 Å². The van der Waals surface area contributed by atoms with E-state index >= 15 is 0 Å². The molecule has 0 bridgehead atoms. The highest BCUT2D eigenvalue weighted by Crippen LogP contribution is 2.38. The molecular formula is C23H20N4O4. The molecule has 0 saturated heterocycles. The molecule has 3 heterocycles. The molecule has 2 aromatic heterocycles. The van der Waals surface area contributed by atoms with Crippen molar-refractivity contribution in [3.63, 3.8) is 0 Å². The van der Waals surface area contributed by atoms with Crippen LogP contribution in [0, 0.1) is 0 Å². The third-order valence-electron chi connectivity index (χ3n) is 5.08. The Balaban J connectivity index is 1.42. The lowest BCUT2D eigenvalue weighted by atomic mass is 10.0. The highest BCUT2D eigenvalue weighted by atomic mass is 16.5. The number of carbonyl (C=O) groups is 1. The average molecular weight is 416 g/mol. The number of ether oxygens (including phenoxy) is 2. The van der Waals surface area contributed by atoms with Crippen LogP contribution in [0.5, 0.6) is 11.5 Å². The van der Waals surface area contributed by atoms with Crippen LogP contribution >= 0.6 is 0 Å². The third kappa shape index (κ3) is 3.31. The SMILES string of the molecule is CCOc1ccccc1-c1cc(NC(=O)c2nn(C)c3c2COc2ccccc2-3)on1. The summed E-state index contributed by atoms with van der Waals surface area (Å²) in [7, 11) is 1.81. The minimum absolute atomic E-state index is 0.225. The van der Waals surface area contributed by atoms with Crippen LogP contribution in [0.25, 0.3) is 22.5 Å². The molecule has 0 unspecified atom stereocenters. The van der Waals surface area contributed by atoms with Gasteiger partial charge in [0.15, 0.2) is 5.69 Å². The van der Waals surface area contributed by atoms with Crippen LogP contribution in [0.15, 0.2) is 59.1 Å². The first-order valence-electron chi connectivity index (χ1n) is 9.94. The van der Waals surface area contributed by atoms with Gasteiger partial charge < -0.3 is 14.0 Å². The summed E-state index contributed by atoms with van der Waals surface area (Å²) in [6.07, 6.45) is 0. The standard InChI is InChI=1S/C23H20N4O4/c1-3-29-18-10-6-4-8-14(18)17-12-20(31-26-17)24-23(28)21-16-13-30-19-11-7-5-9-15(19)22(16)27(2)25-21/h4-12H,3,13H2,1-2H3,(H,24,28). The normalized spacial score (nSPS) is 11.9. The number of hydrogen-bond donors (Lipinski definition) is 1. The highest BCUT2D eigenvalue weighted by molar-refractivity contribution is 6.04. The fraction of sp³-hybridized carbons (Fsp3) is 0.174. The van der Waals surface area contributed by atoms with Crippen LogP contribution in [0.1, 0.15) is 23.0 Å². The second-order valence-electron chi connectivity index (χ2n) is 7.04. The van der Waals surface area contributed by atoms with Gasteiger partial charge in [-0.15, -0.1) is 0 Å². The summed E-state index contributed by atoms with van der Waals surface area (Å²) in [6, 6.07) is 16.9. The summed E-state index contributed by atoms with van der Waals surface area (Å²) in [6.45, 7) is 2.72. The topological polar surface area (TPSA) is 91.4 Å². The maximum Gasteiger partial charge on any atom is 0.278 e. The first-order chi connectivity index (χ1) is 15.2. The van der Waals surface area contributed by atoms with Crippen LogP contribution < -0.4 is 14.8 Å². The zero-order valence-electron chi connectivity index (χ0n) is 17.1. The summed E-state index contributed by atoms with van der Waals surface area (Å²) in [5.74, 6) is 1.31. The van der Waals surface area contributed by atoms with E-state index in [2.05, 4.69) is 15.6 Å². The van der Waals surface area contributed by atoms with Crippen molar-refractivity contribution in [1.82, 2.24) is 14.9 Å². The monoisotopic (exact) mass is 416 g/mol. The van der Waals surface area contributed by atoms with E-state index in [1.807, 2.05) is 62.5 Å². The maximum absolute atomic E-state index is 13.0. The molecule has 31 heavy (non-hydrogen) atoms. The number of fused-ring (bicyclic) bond motifs is 3. The van der Waals surface area contributed by atoms with Crippen LogP contribution in [0.3, 0.4) is 0 Å². The molecule has 1 aliphatic heterocycles.